The van der Waals surface area contributed by atoms with Crippen LogP contribution in [0, 0.1) is 0 Å². The number of aliphatic carboxylic acids is 1. The Morgan fingerprint density at radius 1 is 1.46 bits per heavy atom. The highest BCUT2D eigenvalue weighted by Crippen LogP contribution is 1.98. The van der Waals surface area contributed by atoms with Crippen LogP contribution in [0.4, 0.5) is 0 Å². The van der Waals surface area contributed by atoms with Crippen LogP contribution in [0.3, 0.4) is 0 Å². The van der Waals surface area contributed by atoms with Crippen molar-refractivity contribution in [3.8, 4) is 0 Å². The summed E-state index contributed by atoms with van der Waals surface area (Å²) < 4.78 is 0. The molecule has 0 aromatic rings. The van der Waals surface area contributed by atoms with E-state index in [9.17, 15) is 0 Å². The molecule has 13 heavy (non-hydrogen) atoms. The monoisotopic (exact) mass is 184 g/mol. The molecule has 1 N–H and O–H groups in total. The summed E-state index contributed by atoms with van der Waals surface area (Å²) in [5.74, 6) is -0.833. The highest BCUT2D eigenvalue weighted by molar-refractivity contribution is 5.62. The first-order valence-electron chi connectivity index (χ1n) is 4.00. The molecule has 0 saturated heterocycles. The van der Waals surface area contributed by atoms with E-state index in [1.807, 2.05) is 20.2 Å². The van der Waals surface area contributed by atoms with Gasteiger partial charge in [0.2, 0.25) is 0 Å². The lowest BCUT2D eigenvalue weighted by atomic mass is 10.4. The van der Waals surface area contributed by atoms with Crippen molar-refractivity contribution in [2.75, 3.05) is 20.6 Å². The molecular formula is C9H16N2O2. The Balaban J connectivity index is 0.000000310. The van der Waals surface area contributed by atoms with E-state index in [0.29, 0.717) is 0 Å². The van der Waals surface area contributed by atoms with Gasteiger partial charge < -0.3 is 10.1 Å². The largest absolute Gasteiger partial charge is 0.481 e. The minimum absolute atomic E-state index is 0.833. The molecule has 0 radical (unpaired) electrons. The van der Waals surface area contributed by atoms with Crippen molar-refractivity contribution in [3.05, 3.63) is 24.4 Å². The molecule has 1 aliphatic heterocycles. The van der Waals surface area contributed by atoms with Gasteiger partial charge in [-0.2, -0.15) is 0 Å². The van der Waals surface area contributed by atoms with Crippen LogP contribution >= 0.6 is 0 Å². The molecule has 0 atom stereocenters. The Labute approximate surface area is 78.7 Å². The number of carbonyl (C=O) groups is 1. The van der Waals surface area contributed by atoms with Crippen molar-refractivity contribution in [3.63, 3.8) is 0 Å². The molecule has 0 aromatic heterocycles. The highest BCUT2D eigenvalue weighted by Gasteiger charge is 1.98. The first-order chi connectivity index (χ1) is 6.04. The molecule has 0 saturated carbocycles. The molecule has 1 rings (SSSR count). The van der Waals surface area contributed by atoms with Gasteiger partial charge in [0.25, 0.3) is 5.97 Å². The van der Waals surface area contributed by atoms with Crippen molar-refractivity contribution in [1.82, 2.24) is 10.0 Å². The average molecular weight is 184 g/mol. The van der Waals surface area contributed by atoms with Crippen molar-refractivity contribution in [1.29, 1.82) is 0 Å². The van der Waals surface area contributed by atoms with Gasteiger partial charge in [-0.25, -0.2) is 5.01 Å². The summed E-state index contributed by atoms with van der Waals surface area (Å²) in [5, 5.41) is 11.6. The van der Waals surface area contributed by atoms with E-state index in [0.717, 1.165) is 13.5 Å². The maximum atomic E-state index is 9.00. The van der Waals surface area contributed by atoms with E-state index in [1.54, 1.807) is 0 Å². The highest BCUT2D eigenvalue weighted by atomic mass is 16.4. The molecule has 0 bridgehead atoms. The lowest BCUT2D eigenvalue weighted by molar-refractivity contribution is -0.134. The number of hydrazine groups is 1. The summed E-state index contributed by atoms with van der Waals surface area (Å²) in [4.78, 5) is 9.00. The quantitative estimate of drug-likeness (QED) is 0.658. The summed E-state index contributed by atoms with van der Waals surface area (Å²) >= 11 is 0. The molecular weight excluding hydrogens is 168 g/mol. The molecule has 0 amide bonds. The van der Waals surface area contributed by atoms with Gasteiger partial charge >= 0.3 is 0 Å². The van der Waals surface area contributed by atoms with Crippen molar-refractivity contribution in [2.24, 2.45) is 0 Å². The molecule has 4 heteroatoms. The van der Waals surface area contributed by atoms with E-state index in [1.165, 1.54) is 0 Å². The molecule has 0 fully saturated rings. The SMILES string of the molecule is CC(=O)O.CN(C)N1C=CC=CC1. The van der Waals surface area contributed by atoms with Crippen LogP contribution in [-0.2, 0) is 4.79 Å². The third kappa shape index (κ3) is 7.08. The molecule has 1 aliphatic rings. The van der Waals surface area contributed by atoms with Crippen molar-refractivity contribution >= 4 is 5.97 Å². The second-order valence-corrected chi connectivity index (χ2v) is 2.76. The van der Waals surface area contributed by atoms with Crippen LogP contribution in [0.25, 0.3) is 0 Å². The number of carboxylic acid groups (broad SMARTS) is 1. The fourth-order valence-corrected chi connectivity index (χ4v) is 0.754. The van der Waals surface area contributed by atoms with Gasteiger partial charge in [0.1, 0.15) is 0 Å². The minimum atomic E-state index is -0.833. The number of nitrogens with zero attached hydrogens (tertiary/aromatic N) is 2. The van der Waals surface area contributed by atoms with Crippen LogP contribution < -0.4 is 0 Å². The van der Waals surface area contributed by atoms with Gasteiger partial charge in [-0.1, -0.05) is 12.2 Å². The first-order valence-corrected chi connectivity index (χ1v) is 4.00. The van der Waals surface area contributed by atoms with Crippen LogP contribution in [0.1, 0.15) is 6.92 Å². The number of hydrogen-bond acceptors (Lipinski definition) is 3. The number of rotatable bonds is 1. The second-order valence-electron chi connectivity index (χ2n) is 2.76. The summed E-state index contributed by atoms with van der Waals surface area (Å²) in [6.45, 7) is 2.07. The van der Waals surface area contributed by atoms with E-state index in [2.05, 4.69) is 28.4 Å². The number of hydrogen-bond donors (Lipinski definition) is 1. The number of carboxylic acids is 1. The summed E-state index contributed by atoms with van der Waals surface area (Å²) in [6, 6.07) is 0. The van der Waals surface area contributed by atoms with Gasteiger partial charge in [0.05, 0.1) is 6.54 Å². The summed E-state index contributed by atoms with van der Waals surface area (Å²) in [7, 11) is 4.06. The third-order valence-corrected chi connectivity index (χ3v) is 1.31. The molecule has 74 valence electrons. The lowest BCUT2D eigenvalue weighted by Crippen LogP contribution is -2.32. The first kappa shape index (κ1) is 11.7. The van der Waals surface area contributed by atoms with Crippen molar-refractivity contribution < 1.29 is 9.90 Å². The maximum absolute atomic E-state index is 9.00. The molecule has 0 aliphatic carbocycles. The zero-order valence-corrected chi connectivity index (χ0v) is 8.27. The fraction of sp³-hybridized carbons (Fsp3) is 0.444. The molecule has 1 heterocycles. The van der Waals surface area contributed by atoms with Crippen LogP contribution in [0.15, 0.2) is 24.4 Å². The average Bonchev–Trinajstić information content (AvgIpc) is 2.05. The summed E-state index contributed by atoms with van der Waals surface area (Å²) in [5.41, 5.74) is 0. The predicted molar refractivity (Wildman–Crippen MR) is 52.0 cm³/mol. The Morgan fingerprint density at radius 2 is 2.00 bits per heavy atom. The molecule has 0 spiro atoms. The standard InChI is InChI=1S/C7H12N2.C2H4O2/c1-8(2)9-6-4-3-5-7-9;1-2(3)4/h3-6H,7H2,1-2H3;1H3,(H,3,4). The second kappa shape index (κ2) is 6.25. The van der Waals surface area contributed by atoms with Gasteiger partial charge in [-0.3, -0.25) is 4.79 Å². The Kier molecular flexibility index (Phi) is 5.63. The van der Waals surface area contributed by atoms with E-state index in [-0.39, 0.29) is 0 Å². The van der Waals surface area contributed by atoms with Crippen LogP contribution in [-0.4, -0.2) is 41.7 Å². The normalized spacial score (nSPS) is 14.0. The topological polar surface area (TPSA) is 43.8 Å². The van der Waals surface area contributed by atoms with Crippen LogP contribution in [0.5, 0.6) is 0 Å². The summed E-state index contributed by atoms with van der Waals surface area (Å²) in [6.07, 6.45) is 8.27. The van der Waals surface area contributed by atoms with E-state index in [4.69, 9.17) is 9.90 Å². The lowest BCUT2D eigenvalue weighted by Gasteiger charge is -2.27. The van der Waals surface area contributed by atoms with E-state index >= 15 is 0 Å². The molecule has 4 nitrogen and oxygen atoms in total. The Bertz CT molecular complexity index is 206. The van der Waals surface area contributed by atoms with Crippen LogP contribution in [0.2, 0.25) is 0 Å². The minimum Gasteiger partial charge on any atom is -0.481 e. The Hall–Kier alpha value is -1.29. The Morgan fingerprint density at radius 3 is 2.23 bits per heavy atom. The van der Waals surface area contributed by atoms with Gasteiger partial charge in [0, 0.05) is 27.2 Å². The van der Waals surface area contributed by atoms with Crippen molar-refractivity contribution in [2.45, 2.75) is 6.92 Å². The zero-order valence-electron chi connectivity index (χ0n) is 8.27. The van der Waals surface area contributed by atoms with Gasteiger partial charge in [-0.05, 0) is 6.08 Å². The fourth-order valence-electron chi connectivity index (χ4n) is 0.754. The number of allylic oxidation sites excluding steroid dienone is 2. The van der Waals surface area contributed by atoms with Gasteiger partial charge in [-0.15, -0.1) is 0 Å². The smallest absolute Gasteiger partial charge is 0.300 e. The maximum Gasteiger partial charge on any atom is 0.300 e. The molecule has 0 unspecified atom stereocenters. The van der Waals surface area contributed by atoms with Gasteiger partial charge in [0.15, 0.2) is 0 Å². The van der Waals surface area contributed by atoms with E-state index < -0.39 is 5.97 Å². The molecule has 0 aromatic carbocycles. The predicted octanol–water partition coefficient (Wildman–Crippen LogP) is 0.939. The zero-order chi connectivity index (χ0) is 10.3. The third-order valence-electron chi connectivity index (χ3n) is 1.31.